The quantitative estimate of drug-likeness (QED) is 0.218. The van der Waals surface area contributed by atoms with Crippen LogP contribution < -0.4 is 26.8 Å². The highest BCUT2D eigenvalue weighted by Crippen LogP contribution is 2.32. The number of amides is 3. The zero-order chi connectivity index (χ0) is 35.4. The van der Waals surface area contributed by atoms with E-state index in [-0.39, 0.29) is 34.2 Å². The molecule has 50 heavy (non-hydrogen) atoms. The predicted molar refractivity (Wildman–Crippen MR) is 194 cm³/mol. The molecule has 1 atom stereocenters. The number of nitrogens with one attached hydrogen (secondary N) is 2. The molecule has 2 aliphatic rings. The number of aromatic nitrogens is 1. The Morgan fingerprint density at radius 2 is 1.56 bits per heavy atom. The summed E-state index contributed by atoms with van der Waals surface area (Å²) in [5.74, 6) is -1.32. The third kappa shape index (κ3) is 7.52. The number of carbonyl (C=O) groups excluding carboxylic acids is 3. The summed E-state index contributed by atoms with van der Waals surface area (Å²) >= 11 is 6.41. The van der Waals surface area contributed by atoms with Crippen molar-refractivity contribution < 1.29 is 23.9 Å². The lowest BCUT2D eigenvalue weighted by atomic mass is 9.99. The molecule has 0 radical (unpaired) electrons. The molecule has 2 fully saturated rings. The Kier molecular flexibility index (Phi) is 10.5. The number of carbonyl (C=O) groups is 3. The molecule has 2 saturated heterocycles. The summed E-state index contributed by atoms with van der Waals surface area (Å²) in [5.41, 5.74) is 11.0. The van der Waals surface area contributed by atoms with E-state index in [1.54, 1.807) is 42.4 Å². The van der Waals surface area contributed by atoms with Crippen LogP contribution in [0.2, 0.25) is 0 Å². The van der Waals surface area contributed by atoms with Crippen molar-refractivity contribution in [3.63, 3.8) is 0 Å². The van der Waals surface area contributed by atoms with Crippen molar-refractivity contribution in [2.24, 2.45) is 12.8 Å². The minimum absolute atomic E-state index is 0.235. The van der Waals surface area contributed by atoms with Crippen molar-refractivity contribution in [2.45, 2.75) is 12.3 Å². The van der Waals surface area contributed by atoms with Crippen LogP contribution >= 0.6 is 11.6 Å². The molecule has 3 aromatic carbocycles. The van der Waals surface area contributed by atoms with E-state index in [1.165, 1.54) is 4.57 Å². The van der Waals surface area contributed by atoms with Gasteiger partial charge in [0.15, 0.2) is 0 Å². The van der Waals surface area contributed by atoms with Crippen LogP contribution in [-0.4, -0.2) is 79.8 Å². The van der Waals surface area contributed by atoms with E-state index in [0.717, 1.165) is 35.5 Å². The van der Waals surface area contributed by atoms with E-state index in [4.69, 9.17) is 26.8 Å². The van der Waals surface area contributed by atoms with Crippen LogP contribution in [-0.2, 0) is 21.3 Å². The summed E-state index contributed by atoms with van der Waals surface area (Å²) < 4.78 is 12.3. The molecule has 260 valence electrons. The molecule has 12 nitrogen and oxygen atoms in total. The third-order valence-electron chi connectivity index (χ3n) is 8.96. The number of primary amides is 1. The van der Waals surface area contributed by atoms with E-state index < -0.39 is 11.3 Å². The van der Waals surface area contributed by atoms with Crippen LogP contribution in [0.25, 0.3) is 11.1 Å². The normalized spacial score (nSPS) is 15.3. The van der Waals surface area contributed by atoms with Gasteiger partial charge in [-0.1, -0.05) is 12.1 Å². The molecule has 1 aromatic heterocycles. The molecule has 4 N–H and O–H groups in total. The first-order valence-electron chi connectivity index (χ1n) is 16.4. The summed E-state index contributed by atoms with van der Waals surface area (Å²) in [7, 11) is 1.65. The number of pyridine rings is 1. The van der Waals surface area contributed by atoms with Crippen molar-refractivity contribution >= 4 is 52.1 Å². The Morgan fingerprint density at radius 3 is 2.24 bits per heavy atom. The zero-order valence-electron chi connectivity index (χ0n) is 27.9. The number of nitrogens with two attached hydrogens (primary N) is 1. The molecule has 4 aromatic rings. The van der Waals surface area contributed by atoms with Crippen LogP contribution in [0, 0.1) is 6.92 Å². The second-order valence-corrected chi connectivity index (χ2v) is 12.7. The number of anilines is 4. The van der Waals surface area contributed by atoms with Crippen LogP contribution in [0.4, 0.5) is 22.7 Å². The van der Waals surface area contributed by atoms with E-state index in [9.17, 15) is 19.2 Å². The molecule has 0 aliphatic carbocycles. The molecule has 0 saturated carbocycles. The van der Waals surface area contributed by atoms with Gasteiger partial charge in [0.2, 0.25) is 5.91 Å². The molecular weight excluding hydrogens is 660 g/mol. The second-order valence-electron chi connectivity index (χ2n) is 12.2. The number of alkyl halides is 1. The number of hydrogen-bond acceptors (Lipinski definition) is 8. The number of hydrogen-bond donors (Lipinski definition) is 3. The Hall–Kier alpha value is -5.17. The standard InChI is InChI=1S/C37H39ClN6O6/c1-23-28(4-3-5-31(23)41-35(46)24-6-9-27(10-7-24)43-12-16-49-17-13-43)25-20-32(37(48)42(2)22-25)40-26-8-11-29(30(21-26)33(38)34(39)45)36(47)44-14-18-50-19-15-44/h3-11,20-22,33,40H,12-19H2,1-2H3,(H2,39,45)(H,41,46). The molecule has 3 amide bonds. The Labute approximate surface area is 294 Å². The summed E-state index contributed by atoms with van der Waals surface area (Å²) in [6, 6.07) is 19.6. The molecule has 2 aliphatic heterocycles. The van der Waals surface area contributed by atoms with Crippen LogP contribution in [0.1, 0.15) is 37.2 Å². The number of morpholine rings is 2. The van der Waals surface area contributed by atoms with Gasteiger partial charge in [0.05, 0.1) is 26.4 Å². The lowest BCUT2D eigenvalue weighted by Gasteiger charge is -2.28. The fourth-order valence-electron chi connectivity index (χ4n) is 6.16. The third-order valence-corrected chi connectivity index (χ3v) is 9.41. The Bertz CT molecular complexity index is 1970. The second kappa shape index (κ2) is 15.2. The maximum atomic E-state index is 13.4. The Morgan fingerprint density at radius 1 is 0.880 bits per heavy atom. The highest BCUT2D eigenvalue weighted by atomic mass is 35.5. The number of nitrogens with zero attached hydrogens (tertiary/aromatic N) is 3. The first kappa shape index (κ1) is 34.7. The largest absolute Gasteiger partial charge is 0.378 e. The van der Waals surface area contributed by atoms with Gasteiger partial charge >= 0.3 is 0 Å². The summed E-state index contributed by atoms with van der Waals surface area (Å²) in [6.07, 6.45) is 1.73. The topological polar surface area (TPSA) is 148 Å². The van der Waals surface area contributed by atoms with Crippen molar-refractivity contribution in [3.05, 3.63) is 106 Å². The monoisotopic (exact) mass is 698 g/mol. The zero-order valence-corrected chi connectivity index (χ0v) is 28.7. The summed E-state index contributed by atoms with van der Waals surface area (Å²) in [5, 5.41) is 4.92. The first-order valence-corrected chi connectivity index (χ1v) is 16.8. The van der Waals surface area contributed by atoms with Gasteiger partial charge in [0.25, 0.3) is 17.4 Å². The van der Waals surface area contributed by atoms with Crippen LogP contribution in [0.5, 0.6) is 0 Å². The lowest BCUT2D eigenvalue weighted by Crippen LogP contribution is -2.41. The average molecular weight is 699 g/mol. The van der Waals surface area contributed by atoms with Gasteiger partial charge in [0, 0.05) is 73.2 Å². The Balaban J connectivity index is 1.25. The van der Waals surface area contributed by atoms with Gasteiger partial charge in [0.1, 0.15) is 11.1 Å². The average Bonchev–Trinajstić information content (AvgIpc) is 3.14. The summed E-state index contributed by atoms with van der Waals surface area (Å²) in [6.45, 7) is 6.56. The number of rotatable bonds is 9. The van der Waals surface area contributed by atoms with Crippen molar-refractivity contribution in [3.8, 4) is 11.1 Å². The van der Waals surface area contributed by atoms with Gasteiger partial charge in [-0.15, -0.1) is 11.6 Å². The van der Waals surface area contributed by atoms with Crippen LogP contribution in [0.15, 0.2) is 77.7 Å². The highest BCUT2D eigenvalue weighted by Gasteiger charge is 2.27. The van der Waals surface area contributed by atoms with E-state index in [2.05, 4.69) is 15.5 Å². The van der Waals surface area contributed by atoms with Gasteiger partial charge in [-0.25, -0.2) is 0 Å². The van der Waals surface area contributed by atoms with Gasteiger partial charge in [-0.3, -0.25) is 19.2 Å². The number of benzene rings is 3. The van der Waals surface area contributed by atoms with Gasteiger partial charge in [-0.2, -0.15) is 0 Å². The SMILES string of the molecule is Cc1c(NC(=O)c2ccc(N3CCOCC3)cc2)cccc1-c1cc(Nc2ccc(C(=O)N3CCOCC3)c(C(Cl)C(N)=O)c2)c(=O)n(C)c1. The molecule has 1 unspecified atom stereocenters. The fraction of sp³-hybridized carbons (Fsp3) is 0.297. The number of aryl methyl sites for hydroxylation is 1. The van der Waals surface area contributed by atoms with Crippen molar-refractivity contribution in [2.75, 3.05) is 68.1 Å². The molecule has 13 heteroatoms. The molecule has 0 bridgehead atoms. The van der Waals surface area contributed by atoms with Crippen molar-refractivity contribution in [1.82, 2.24) is 9.47 Å². The van der Waals surface area contributed by atoms with E-state index >= 15 is 0 Å². The van der Waals surface area contributed by atoms with Crippen LogP contribution in [0.3, 0.4) is 0 Å². The minimum atomic E-state index is -1.27. The molecule has 3 heterocycles. The van der Waals surface area contributed by atoms with Gasteiger partial charge < -0.3 is 40.2 Å². The number of ether oxygens (including phenoxy) is 2. The smallest absolute Gasteiger partial charge is 0.274 e. The first-order chi connectivity index (χ1) is 24.1. The maximum absolute atomic E-state index is 13.4. The minimum Gasteiger partial charge on any atom is -0.378 e. The molecular formula is C37H39ClN6O6. The maximum Gasteiger partial charge on any atom is 0.274 e. The van der Waals surface area contributed by atoms with Gasteiger partial charge in [-0.05, 0) is 78.2 Å². The van der Waals surface area contributed by atoms with E-state index in [1.807, 2.05) is 49.4 Å². The van der Waals surface area contributed by atoms with E-state index in [0.29, 0.717) is 56.5 Å². The molecule has 6 rings (SSSR count). The fourth-order valence-corrected chi connectivity index (χ4v) is 6.34. The number of halogens is 1. The summed E-state index contributed by atoms with van der Waals surface area (Å²) in [4.78, 5) is 55.9. The molecule has 0 spiro atoms. The predicted octanol–water partition coefficient (Wildman–Crippen LogP) is 4.43. The van der Waals surface area contributed by atoms with Crippen molar-refractivity contribution in [1.29, 1.82) is 0 Å². The highest BCUT2D eigenvalue weighted by molar-refractivity contribution is 6.31. The lowest BCUT2D eigenvalue weighted by molar-refractivity contribution is -0.117.